The van der Waals surface area contributed by atoms with Crippen LogP contribution in [0.1, 0.15) is 12.5 Å². The van der Waals surface area contributed by atoms with E-state index in [0.717, 1.165) is 0 Å². The van der Waals surface area contributed by atoms with E-state index in [1.165, 1.54) is 48.0 Å². The lowest BCUT2D eigenvalue weighted by Gasteiger charge is -2.12. The molecule has 31 heavy (non-hydrogen) atoms. The maximum Gasteiger partial charge on any atom is 0.341 e. The van der Waals surface area contributed by atoms with Gasteiger partial charge in [0.1, 0.15) is 5.82 Å². The third-order valence-corrected chi connectivity index (χ3v) is 5.43. The van der Waals surface area contributed by atoms with Crippen molar-refractivity contribution in [3.63, 3.8) is 0 Å². The van der Waals surface area contributed by atoms with Gasteiger partial charge < -0.3 is 14.6 Å². The third kappa shape index (κ3) is 5.36. The SMILES string of the molecule is CCN1C(=O)/C(=C/c2cc(Cl)c(OCC(=O)O)c(OC)c2)SC1=Nc1ccc(F)cc1. The van der Waals surface area contributed by atoms with Crippen molar-refractivity contribution in [3.05, 3.63) is 57.7 Å². The normalized spacial score (nSPS) is 16.3. The van der Waals surface area contributed by atoms with E-state index < -0.39 is 12.6 Å². The molecule has 1 saturated heterocycles. The zero-order valence-corrected chi connectivity index (χ0v) is 18.2. The second-order valence-corrected chi connectivity index (χ2v) is 7.66. The summed E-state index contributed by atoms with van der Waals surface area (Å²) >= 11 is 7.42. The second kappa shape index (κ2) is 9.84. The van der Waals surface area contributed by atoms with E-state index in [2.05, 4.69) is 4.99 Å². The summed E-state index contributed by atoms with van der Waals surface area (Å²) in [5, 5.41) is 9.43. The number of aliphatic imine (C=N–C) groups is 1. The number of methoxy groups -OCH3 is 1. The summed E-state index contributed by atoms with van der Waals surface area (Å²) in [7, 11) is 1.40. The molecule has 1 amide bonds. The minimum absolute atomic E-state index is 0.105. The molecule has 0 bridgehead atoms. The molecule has 10 heteroatoms. The van der Waals surface area contributed by atoms with Crippen LogP contribution >= 0.6 is 23.4 Å². The Bertz CT molecular complexity index is 1070. The highest BCUT2D eigenvalue weighted by Crippen LogP contribution is 2.39. The molecule has 162 valence electrons. The van der Waals surface area contributed by atoms with Crippen LogP contribution in [0.2, 0.25) is 5.02 Å². The molecule has 1 aliphatic heterocycles. The molecule has 0 spiro atoms. The quantitative estimate of drug-likeness (QED) is 0.603. The standard InChI is InChI=1S/C21H18ClFN2O5S/c1-3-25-20(28)17(31-21(25)24-14-6-4-13(23)5-7-14)10-12-8-15(22)19(16(9-12)29-2)30-11-18(26)27/h4-10H,3,11H2,1-2H3,(H,26,27)/b17-10-,24-21?. The van der Waals surface area contributed by atoms with Gasteiger partial charge in [-0.05, 0) is 66.7 Å². The smallest absolute Gasteiger partial charge is 0.341 e. The van der Waals surface area contributed by atoms with Crippen LogP contribution in [0.4, 0.5) is 10.1 Å². The molecule has 2 aromatic carbocycles. The first-order chi connectivity index (χ1) is 14.8. The van der Waals surface area contributed by atoms with Gasteiger partial charge >= 0.3 is 5.97 Å². The average Bonchev–Trinajstić information content (AvgIpc) is 3.02. The maximum atomic E-state index is 13.1. The molecule has 2 aromatic rings. The number of carbonyl (C=O) groups excluding carboxylic acids is 1. The summed E-state index contributed by atoms with van der Waals surface area (Å²) in [6.07, 6.45) is 1.64. The zero-order valence-electron chi connectivity index (χ0n) is 16.6. The largest absolute Gasteiger partial charge is 0.493 e. The number of hydrogen-bond acceptors (Lipinski definition) is 6. The van der Waals surface area contributed by atoms with Crippen LogP contribution in [0.25, 0.3) is 6.08 Å². The molecule has 0 aromatic heterocycles. The number of thioether (sulfide) groups is 1. The molecule has 0 atom stereocenters. The molecule has 0 aliphatic carbocycles. The van der Waals surface area contributed by atoms with Gasteiger partial charge in [0.15, 0.2) is 23.3 Å². The number of rotatable bonds is 7. The van der Waals surface area contributed by atoms with Gasteiger partial charge in [0.05, 0.1) is 22.7 Å². The Morgan fingerprint density at radius 1 is 1.32 bits per heavy atom. The molecule has 0 saturated carbocycles. The number of carbonyl (C=O) groups is 2. The number of hydrogen-bond donors (Lipinski definition) is 1. The van der Waals surface area contributed by atoms with Crippen molar-refractivity contribution < 1.29 is 28.6 Å². The molecule has 3 rings (SSSR count). The topological polar surface area (TPSA) is 88.4 Å². The van der Waals surface area contributed by atoms with E-state index in [1.54, 1.807) is 18.2 Å². The van der Waals surface area contributed by atoms with E-state index in [9.17, 15) is 14.0 Å². The Balaban J connectivity index is 1.92. The Hall–Kier alpha value is -3.04. The fourth-order valence-electron chi connectivity index (χ4n) is 2.74. The second-order valence-electron chi connectivity index (χ2n) is 6.25. The highest BCUT2D eigenvalue weighted by atomic mass is 35.5. The van der Waals surface area contributed by atoms with Crippen LogP contribution in [-0.2, 0) is 9.59 Å². The minimum atomic E-state index is -1.15. The van der Waals surface area contributed by atoms with E-state index in [1.807, 2.05) is 6.92 Å². The monoisotopic (exact) mass is 464 g/mol. The number of nitrogens with zero attached hydrogens (tertiary/aromatic N) is 2. The summed E-state index contributed by atoms with van der Waals surface area (Å²) in [6, 6.07) is 8.81. The molecule has 0 radical (unpaired) electrons. The van der Waals surface area contributed by atoms with Crippen LogP contribution < -0.4 is 9.47 Å². The fraction of sp³-hybridized carbons (Fsp3) is 0.190. The summed E-state index contributed by atoms with van der Waals surface area (Å²) in [5.74, 6) is -1.40. The number of ether oxygens (including phenoxy) is 2. The van der Waals surface area contributed by atoms with Crippen LogP contribution in [0.3, 0.4) is 0 Å². The lowest BCUT2D eigenvalue weighted by molar-refractivity contribution is -0.139. The number of benzene rings is 2. The molecule has 0 unspecified atom stereocenters. The van der Waals surface area contributed by atoms with Crippen LogP contribution in [0.15, 0.2) is 46.3 Å². The number of aliphatic carboxylic acids is 1. The molecule has 1 fully saturated rings. The molecular formula is C21H18ClFN2O5S. The van der Waals surface area contributed by atoms with Crippen molar-refractivity contribution in [1.82, 2.24) is 4.90 Å². The summed E-state index contributed by atoms with van der Waals surface area (Å²) in [4.78, 5) is 30.0. The molecule has 1 N–H and O–H groups in total. The first-order valence-electron chi connectivity index (χ1n) is 9.10. The van der Waals surface area contributed by atoms with E-state index >= 15 is 0 Å². The van der Waals surface area contributed by atoms with Crippen molar-refractivity contribution >= 4 is 52.2 Å². The predicted molar refractivity (Wildman–Crippen MR) is 118 cm³/mol. The minimum Gasteiger partial charge on any atom is -0.493 e. The number of carboxylic acid groups (broad SMARTS) is 1. The lowest BCUT2D eigenvalue weighted by atomic mass is 10.1. The number of amides is 1. The van der Waals surface area contributed by atoms with Crippen molar-refractivity contribution in [2.45, 2.75) is 6.92 Å². The van der Waals surface area contributed by atoms with Gasteiger partial charge in [-0.3, -0.25) is 9.69 Å². The number of halogens is 2. The van der Waals surface area contributed by atoms with Crippen molar-refractivity contribution in [3.8, 4) is 11.5 Å². The first-order valence-corrected chi connectivity index (χ1v) is 10.3. The Labute approximate surface area is 187 Å². The Morgan fingerprint density at radius 2 is 2.03 bits per heavy atom. The Kier molecular flexibility index (Phi) is 7.19. The Morgan fingerprint density at radius 3 is 2.65 bits per heavy atom. The number of amidine groups is 1. The molecule has 7 nitrogen and oxygen atoms in total. The van der Waals surface area contributed by atoms with Gasteiger partial charge in [-0.15, -0.1) is 0 Å². The summed E-state index contributed by atoms with van der Waals surface area (Å²) in [5.41, 5.74) is 1.10. The third-order valence-electron chi connectivity index (χ3n) is 4.15. The molecular weight excluding hydrogens is 447 g/mol. The van der Waals surface area contributed by atoms with Gasteiger partial charge in [-0.2, -0.15) is 0 Å². The van der Waals surface area contributed by atoms with Gasteiger partial charge in [-0.25, -0.2) is 14.2 Å². The lowest BCUT2D eigenvalue weighted by Crippen LogP contribution is -2.28. The van der Waals surface area contributed by atoms with Crippen LogP contribution in [-0.4, -0.2) is 47.3 Å². The van der Waals surface area contributed by atoms with E-state index in [-0.39, 0.29) is 28.2 Å². The van der Waals surface area contributed by atoms with Gasteiger partial charge in [0, 0.05) is 6.54 Å². The molecule has 1 heterocycles. The van der Waals surface area contributed by atoms with Crippen molar-refractivity contribution in [2.75, 3.05) is 20.3 Å². The van der Waals surface area contributed by atoms with Crippen molar-refractivity contribution in [2.24, 2.45) is 4.99 Å². The fourth-order valence-corrected chi connectivity index (χ4v) is 4.08. The predicted octanol–water partition coefficient (Wildman–Crippen LogP) is 4.58. The van der Waals surface area contributed by atoms with Gasteiger partial charge in [0.2, 0.25) is 0 Å². The summed E-state index contributed by atoms with van der Waals surface area (Å²) in [6.45, 7) is 1.67. The van der Waals surface area contributed by atoms with Crippen LogP contribution in [0, 0.1) is 5.82 Å². The maximum absolute atomic E-state index is 13.1. The highest BCUT2D eigenvalue weighted by molar-refractivity contribution is 8.18. The summed E-state index contributed by atoms with van der Waals surface area (Å²) < 4.78 is 23.6. The van der Waals surface area contributed by atoms with Gasteiger partial charge in [0.25, 0.3) is 5.91 Å². The van der Waals surface area contributed by atoms with Gasteiger partial charge in [-0.1, -0.05) is 11.6 Å². The van der Waals surface area contributed by atoms with Crippen molar-refractivity contribution in [1.29, 1.82) is 0 Å². The van der Waals surface area contributed by atoms with Crippen LogP contribution in [0.5, 0.6) is 11.5 Å². The highest BCUT2D eigenvalue weighted by Gasteiger charge is 2.32. The zero-order chi connectivity index (χ0) is 22.5. The number of carboxylic acids is 1. The van der Waals surface area contributed by atoms with E-state index in [4.69, 9.17) is 26.2 Å². The first kappa shape index (κ1) is 22.6. The molecule has 1 aliphatic rings. The van der Waals surface area contributed by atoms with E-state index in [0.29, 0.717) is 27.9 Å². The average molecular weight is 465 g/mol. The number of likely N-dealkylation sites (N-methyl/N-ethyl adjacent to an activating group) is 1.